The maximum atomic E-state index is 15.1. The van der Waals surface area contributed by atoms with Crippen LogP contribution in [0.15, 0.2) is 42.9 Å². The van der Waals surface area contributed by atoms with Crippen LogP contribution in [-0.2, 0) is 6.54 Å². The van der Waals surface area contributed by atoms with Gasteiger partial charge < -0.3 is 9.47 Å². The normalized spacial score (nSPS) is 14.0. The summed E-state index contributed by atoms with van der Waals surface area (Å²) in [7, 11) is 0. The molecule has 3 aromatic heterocycles. The lowest BCUT2D eigenvalue weighted by atomic mass is 9.97. The third-order valence-corrected chi connectivity index (χ3v) is 6.33. The monoisotopic (exact) mass is 474 g/mol. The van der Waals surface area contributed by atoms with Crippen molar-refractivity contribution in [3.8, 4) is 11.4 Å². The Bertz CT molecular complexity index is 1420. The minimum absolute atomic E-state index is 0.198. The summed E-state index contributed by atoms with van der Waals surface area (Å²) in [5.41, 5.74) is 5.17. The molecule has 1 aromatic carbocycles. The molecule has 0 fully saturated rings. The maximum absolute atomic E-state index is 15.1. The van der Waals surface area contributed by atoms with Gasteiger partial charge in [-0.2, -0.15) is 0 Å². The summed E-state index contributed by atoms with van der Waals surface area (Å²) in [5, 5.41) is 0. The molecule has 6 nitrogen and oxygen atoms in total. The summed E-state index contributed by atoms with van der Waals surface area (Å²) < 4.78 is 31.0. The molecule has 8 heteroatoms. The van der Waals surface area contributed by atoms with Crippen molar-refractivity contribution in [1.29, 1.82) is 0 Å². The third kappa shape index (κ3) is 4.65. The topological polar surface area (TPSA) is 59.7 Å². The van der Waals surface area contributed by atoms with Crippen molar-refractivity contribution in [3.05, 3.63) is 77.1 Å². The van der Waals surface area contributed by atoms with Crippen LogP contribution in [0, 0.1) is 25.5 Å². The first-order valence-corrected chi connectivity index (χ1v) is 12.0. The van der Waals surface area contributed by atoms with Gasteiger partial charge in [0, 0.05) is 36.6 Å². The van der Waals surface area contributed by atoms with E-state index in [1.54, 1.807) is 6.20 Å². The summed E-state index contributed by atoms with van der Waals surface area (Å²) >= 11 is 0. The molecule has 0 N–H and O–H groups in total. The molecule has 0 unspecified atom stereocenters. The zero-order chi connectivity index (χ0) is 24.5. The Balaban J connectivity index is 1.61. The van der Waals surface area contributed by atoms with Gasteiger partial charge in [0.2, 0.25) is 0 Å². The Morgan fingerprint density at radius 3 is 2.66 bits per heavy atom. The highest BCUT2D eigenvalue weighted by Gasteiger charge is 2.20. The molecule has 1 aliphatic rings. The van der Waals surface area contributed by atoms with Crippen LogP contribution in [0.25, 0.3) is 28.1 Å². The van der Waals surface area contributed by atoms with Crippen LogP contribution in [0.4, 0.5) is 8.78 Å². The smallest absolute Gasteiger partial charge is 0.164 e. The van der Waals surface area contributed by atoms with Gasteiger partial charge in [-0.05, 0) is 62.4 Å². The molecule has 5 rings (SSSR count). The van der Waals surface area contributed by atoms with E-state index in [2.05, 4.69) is 33.0 Å². The summed E-state index contributed by atoms with van der Waals surface area (Å²) in [4.78, 5) is 20.1. The highest BCUT2D eigenvalue weighted by atomic mass is 19.1. The standard InChI is InChI=1S/C27H28F2N6/c1-4-9-34-10-5-6-20(15-34)19-7-8-24(29)22(11-19)16-35-26(21-12-23(28)14-30-13-21)33-25-17(2)31-18(3)32-27(25)35/h7-8,11-15H,4-6,9-10,16H2,1-3H3. The van der Waals surface area contributed by atoms with Crippen molar-refractivity contribution in [2.24, 2.45) is 0 Å². The van der Waals surface area contributed by atoms with E-state index in [9.17, 15) is 4.39 Å². The molecule has 180 valence electrons. The highest BCUT2D eigenvalue weighted by molar-refractivity contribution is 5.79. The lowest BCUT2D eigenvalue weighted by molar-refractivity contribution is 0.359. The molecule has 0 radical (unpaired) electrons. The van der Waals surface area contributed by atoms with E-state index in [1.807, 2.05) is 30.5 Å². The van der Waals surface area contributed by atoms with E-state index in [4.69, 9.17) is 4.98 Å². The van der Waals surface area contributed by atoms with Crippen molar-refractivity contribution >= 4 is 16.7 Å². The molecule has 0 aliphatic carbocycles. The lowest BCUT2D eigenvalue weighted by Crippen LogP contribution is -2.23. The van der Waals surface area contributed by atoms with Crippen LogP contribution >= 0.6 is 0 Å². The second-order valence-electron chi connectivity index (χ2n) is 9.04. The number of fused-ring (bicyclic) bond motifs is 1. The van der Waals surface area contributed by atoms with Gasteiger partial charge in [-0.1, -0.05) is 13.0 Å². The number of imidazole rings is 1. The number of aromatic nitrogens is 5. The molecule has 0 bridgehead atoms. The quantitative estimate of drug-likeness (QED) is 0.360. The fraction of sp³-hybridized carbons (Fsp3) is 0.333. The second-order valence-corrected chi connectivity index (χ2v) is 9.04. The Morgan fingerprint density at radius 2 is 1.86 bits per heavy atom. The Kier molecular flexibility index (Phi) is 6.28. The number of hydrogen-bond acceptors (Lipinski definition) is 5. The number of halogens is 2. The minimum Gasteiger partial charge on any atom is -0.377 e. The van der Waals surface area contributed by atoms with Gasteiger partial charge in [0.1, 0.15) is 28.8 Å². The van der Waals surface area contributed by atoms with E-state index < -0.39 is 5.82 Å². The van der Waals surface area contributed by atoms with Crippen molar-refractivity contribution in [1.82, 2.24) is 29.4 Å². The SMILES string of the molecule is CCCN1C=C(c2ccc(F)c(Cn3c(-c4cncc(F)c4)nc4c(C)nc(C)nc43)c2)CCC1. The van der Waals surface area contributed by atoms with Crippen LogP contribution in [-0.4, -0.2) is 42.5 Å². The van der Waals surface area contributed by atoms with E-state index in [0.29, 0.717) is 33.9 Å². The number of allylic oxidation sites excluding steroid dienone is 1. The molecule has 0 saturated carbocycles. The van der Waals surface area contributed by atoms with E-state index in [-0.39, 0.29) is 12.4 Å². The molecule has 1 aliphatic heterocycles. The predicted molar refractivity (Wildman–Crippen MR) is 133 cm³/mol. The highest BCUT2D eigenvalue weighted by Crippen LogP contribution is 2.30. The van der Waals surface area contributed by atoms with Gasteiger partial charge in [0.25, 0.3) is 0 Å². The first-order chi connectivity index (χ1) is 16.9. The van der Waals surface area contributed by atoms with E-state index in [0.717, 1.165) is 49.8 Å². The van der Waals surface area contributed by atoms with E-state index >= 15 is 4.39 Å². The lowest BCUT2D eigenvalue weighted by Gasteiger charge is -2.26. The Hall–Kier alpha value is -3.68. The zero-order valence-electron chi connectivity index (χ0n) is 20.2. The van der Waals surface area contributed by atoms with Gasteiger partial charge in [0.15, 0.2) is 5.65 Å². The molecule has 4 aromatic rings. The van der Waals surface area contributed by atoms with Crippen molar-refractivity contribution in [3.63, 3.8) is 0 Å². The minimum atomic E-state index is -0.464. The van der Waals surface area contributed by atoms with Crippen LogP contribution in [0.3, 0.4) is 0 Å². The third-order valence-electron chi connectivity index (χ3n) is 6.33. The molecule has 0 spiro atoms. The van der Waals surface area contributed by atoms with Crippen LogP contribution < -0.4 is 0 Å². The van der Waals surface area contributed by atoms with Gasteiger partial charge >= 0.3 is 0 Å². The van der Waals surface area contributed by atoms with Gasteiger partial charge in [-0.3, -0.25) is 4.98 Å². The molecule has 0 amide bonds. The average Bonchev–Trinajstić information content (AvgIpc) is 3.19. The summed E-state index contributed by atoms with van der Waals surface area (Å²) in [6, 6.07) is 6.66. The molecule has 0 atom stereocenters. The van der Waals surface area contributed by atoms with Gasteiger partial charge in [0.05, 0.1) is 18.4 Å². The molecule has 0 saturated heterocycles. The summed E-state index contributed by atoms with van der Waals surface area (Å²) in [5.74, 6) is 0.306. The maximum Gasteiger partial charge on any atom is 0.164 e. The predicted octanol–water partition coefficient (Wildman–Crippen LogP) is 5.68. The second kappa shape index (κ2) is 9.52. The Labute approximate surface area is 203 Å². The molecule has 4 heterocycles. The van der Waals surface area contributed by atoms with Crippen LogP contribution in [0.1, 0.15) is 48.8 Å². The van der Waals surface area contributed by atoms with Gasteiger partial charge in [-0.15, -0.1) is 0 Å². The number of nitrogens with zero attached hydrogens (tertiary/aromatic N) is 6. The number of aryl methyl sites for hydroxylation is 2. The van der Waals surface area contributed by atoms with Gasteiger partial charge in [-0.25, -0.2) is 23.7 Å². The number of pyridine rings is 1. The first kappa shape index (κ1) is 23.1. The molecular formula is C27H28F2N6. The van der Waals surface area contributed by atoms with E-state index in [1.165, 1.54) is 17.7 Å². The first-order valence-electron chi connectivity index (χ1n) is 12.0. The fourth-order valence-electron chi connectivity index (χ4n) is 4.75. The number of rotatable bonds is 6. The average molecular weight is 475 g/mol. The zero-order valence-corrected chi connectivity index (χ0v) is 20.2. The Morgan fingerprint density at radius 1 is 1.00 bits per heavy atom. The molecule has 35 heavy (non-hydrogen) atoms. The van der Waals surface area contributed by atoms with Crippen LogP contribution in [0.5, 0.6) is 0 Å². The van der Waals surface area contributed by atoms with Crippen molar-refractivity contribution in [2.75, 3.05) is 13.1 Å². The van der Waals surface area contributed by atoms with Crippen molar-refractivity contribution < 1.29 is 8.78 Å². The number of hydrogen-bond donors (Lipinski definition) is 0. The van der Waals surface area contributed by atoms with Crippen LogP contribution in [0.2, 0.25) is 0 Å². The fourth-order valence-corrected chi connectivity index (χ4v) is 4.75. The summed E-state index contributed by atoms with van der Waals surface area (Å²) in [6.45, 7) is 8.11. The molecular weight excluding hydrogens is 446 g/mol. The number of benzene rings is 1. The largest absolute Gasteiger partial charge is 0.377 e. The van der Waals surface area contributed by atoms with Crippen molar-refractivity contribution in [2.45, 2.75) is 46.6 Å². The summed E-state index contributed by atoms with van der Waals surface area (Å²) in [6.07, 6.45) is 8.04.